The Labute approximate surface area is 211 Å². The van der Waals surface area contributed by atoms with Crippen molar-refractivity contribution in [1.82, 2.24) is 23.7 Å². The van der Waals surface area contributed by atoms with E-state index in [4.69, 9.17) is 4.74 Å². The third kappa shape index (κ3) is 3.91. The standard InChI is InChI=1S/C27H25N5O3S/c1-5-14-30-17(2)15-22(18(30)3)24(33)16-36-27-29-28-26-31(19-10-12-20(35-4)13-11-19)25(34)21-8-6-7-9-23(21)32(26)27/h5-13,15H,1,14,16H2,2-4H3. The molecule has 0 aliphatic rings. The SMILES string of the molecule is C=CCn1c(C)cc(C(=O)CSc2nnc3n(-c4ccc(OC)cc4)c(=O)c4ccccc4n23)c1C. The zero-order valence-electron chi connectivity index (χ0n) is 20.3. The Balaban J connectivity index is 1.57. The zero-order chi connectivity index (χ0) is 25.4. The molecule has 36 heavy (non-hydrogen) atoms. The molecule has 9 heteroatoms. The number of hydrogen-bond donors (Lipinski definition) is 0. The lowest BCUT2D eigenvalue weighted by Crippen LogP contribution is -2.21. The molecule has 182 valence electrons. The van der Waals surface area contributed by atoms with Gasteiger partial charge in [0.1, 0.15) is 5.75 Å². The number of hydrogen-bond acceptors (Lipinski definition) is 6. The van der Waals surface area contributed by atoms with Gasteiger partial charge in [0.2, 0.25) is 5.78 Å². The normalized spacial score (nSPS) is 11.3. The van der Waals surface area contributed by atoms with E-state index in [1.165, 1.54) is 16.3 Å². The lowest BCUT2D eigenvalue weighted by Gasteiger charge is -2.11. The number of ether oxygens (including phenoxy) is 1. The van der Waals surface area contributed by atoms with E-state index in [1.54, 1.807) is 37.4 Å². The van der Waals surface area contributed by atoms with E-state index < -0.39 is 0 Å². The van der Waals surface area contributed by atoms with Crippen molar-refractivity contribution in [3.63, 3.8) is 0 Å². The highest BCUT2D eigenvalue weighted by atomic mass is 32.2. The number of rotatable bonds is 8. The van der Waals surface area contributed by atoms with Crippen LogP contribution in [0.25, 0.3) is 22.4 Å². The van der Waals surface area contributed by atoms with E-state index in [0.717, 1.165) is 11.4 Å². The molecule has 2 aromatic carbocycles. The number of carbonyl (C=O) groups excluding carboxylic acids is 1. The van der Waals surface area contributed by atoms with Crippen molar-refractivity contribution in [2.45, 2.75) is 25.5 Å². The number of Topliss-reactive ketones (excluding diaryl/α,β-unsaturated/α-hetero) is 1. The van der Waals surface area contributed by atoms with Gasteiger partial charge >= 0.3 is 0 Å². The van der Waals surface area contributed by atoms with Gasteiger partial charge in [-0.1, -0.05) is 30.0 Å². The summed E-state index contributed by atoms with van der Waals surface area (Å²) in [6.07, 6.45) is 1.82. The summed E-state index contributed by atoms with van der Waals surface area (Å²) in [5.41, 5.74) is 3.76. The third-order valence-electron chi connectivity index (χ3n) is 6.24. The number of fused-ring (bicyclic) bond motifs is 3. The third-order valence-corrected chi connectivity index (χ3v) is 7.17. The molecule has 3 aromatic heterocycles. The van der Waals surface area contributed by atoms with Gasteiger partial charge in [-0.05, 0) is 56.3 Å². The van der Waals surface area contributed by atoms with E-state index >= 15 is 0 Å². The smallest absolute Gasteiger partial charge is 0.267 e. The number of methoxy groups -OCH3 is 1. The lowest BCUT2D eigenvalue weighted by atomic mass is 10.2. The molecule has 0 unspecified atom stereocenters. The average Bonchev–Trinajstić information content (AvgIpc) is 3.44. The van der Waals surface area contributed by atoms with Crippen LogP contribution in [0.3, 0.4) is 0 Å². The number of ketones is 1. The molecule has 0 aliphatic heterocycles. The highest BCUT2D eigenvalue weighted by Gasteiger charge is 2.20. The molecular weight excluding hydrogens is 474 g/mol. The van der Waals surface area contributed by atoms with Crippen LogP contribution in [-0.2, 0) is 6.54 Å². The van der Waals surface area contributed by atoms with Crippen LogP contribution >= 0.6 is 11.8 Å². The first-order chi connectivity index (χ1) is 17.4. The van der Waals surface area contributed by atoms with Crippen molar-refractivity contribution in [1.29, 1.82) is 0 Å². The van der Waals surface area contributed by atoms with Crippen LogP contribution in [0.5, 0.6) is 5.75 Å². The second kappa shape index (κ2) is 9.50. The molecule has 0 atom stereocenters. The van der Waals surface area contributed by atoms with Gasteiger partial charge in [-0.3, -0.25) is 14.0 Å². The second-order valence-electron chi connectivity index (χ2n) is 8.37. The number of aromatic nitrogens is 5. The molecule has 3 heterocycles. The number of allylic oxidation sites excluding steroid dienone is 1. The number of nitrogens with zero attached hydrogens (tertiary/aromatic N) is 5. The molecule has 0 aliphatic carbocycles. The summed E-state index contributed by atoms with van der Waals surface area (Å²) in [5, 5.41) is 9.79. The Kier molecular flexibility index (Phi) is 6.24. The lowest BCUT2D eigenvalue weighted by molar-refractivity contribution is 0.102. The monoisotopic (exact) mass is 499 g/mol. The van der Waals surface area contributed by atoms with Crippen molar-refractivity contribution in [3.8, 4) is 11.4 Å². The first-order valence-corrected chi connectivity index (χ1v) is 12.4. The van der Waals surface area contributed by atoms with Crippen molar-refractivity contribution >= 4 is 34.2 Å². The van der Waals surface area contributed by atoms with Gasteiger partial charge in [-0.2, -0.15) is 0 Å². The second-order valence-corrected chi connectivity index (χ2v) is 9.31. The molecule has 0 N–H and O–H groups in total. The Bertz CT molecular complexity index is 1680. The van der Waals surface area contributed by atoms with Gasteiger partial charge in [0.05, 0.1) is 29.5 Å². The minimum Gasteiger partial charge on any atom is -0.497 e. The Morgan fingerprint density at radius 2 is 1.86 bits per heavy atom. The maximum atomic E-state index is 13.5. The highest BCUT2D eigenvalue weighted by molar-refractivity contribution is 7.99. The van der Waals surface area contributed by atoms with Gasteiger partial charge in [0.25, 0.3) is 5.56 Å². The highest BCUT2D eigenvalue weighted by Crippen LogP contribution is 2.25. The molecule has 5 aromatic rings. The molecule has 8 nitrogen and oxygen atoms in total. The van der Waals surface area contributed by atoms with Crippen molar-refractivity contribution in [2.24, 2.45) is 0 Å². The molecule has 0 radical (unpaired) electrons. The van der Waals surface area contributed by atoms with Crippen molar-refractivity contribution in [3.05, 3.63) is 94.6 Å². The first kappa shape index (κ1) is 23.6. The summed E-state index contributed by atoms with van der Waals surface area (Å²) in [5.74, 6) is 1.26. The Morgan fingerprint density at radius 3 is 2.58 bits per heavy atom. The number of benzene rings is 2. The summed E-state index contributed by atoms with van der Waals surface area (Å²) in [4.78, 5) is 26.6. The van der Waals surface area contributed by atoms with E-state index in [1.807, 2.05) is 48.6 Å². The molecule has 5 rings (SSSR count). The molecule has 0 spiro atoms. The molecular formula is C27H25N5O3S. The van der Waals surface area contributed by atoms with Crippen LogP contribution in [0.2, 0.25) is 0 Å². The maximum absolute atomic E-state index is 13.5. The van der Waals surface area contributed by atoms with Crippen LogP contribution in [-0.4, -0.2) is 42.4 Å². The zero-order valence-corrected chi connectivity index (χ0v) is 21.1. The van der Waals surface area contributed by atoms with E-state index in [2.05, 4.69) is 21.3 Å². The largest absolute Gasteiger partial charge is 0.497 e. The van der Waals surface area contributed by atoms with Crippen LogP contribution in [0.1, 0.15) is 21.7 Å². The quantitative estimate of drug-likeness (QED) is 0.176. The van der Waals surface area contributed by atoms with Gasteiger partial charge in [0, 0.05) is 23.5 Å². The molecule has 0 amide bonds. The van der Waals surface area contributed by atoms with Crippen LogP contribution in [0, 0.1) is 13.8 Å². The fraction of sp³-hybridized carbons (Fsp3) is 0.185. The fourth-order valence-corrected chi connectivity index (χ4v) is 5.26. The summed E-state index contributed by atoms with van der Waals surface area (Å²) < 4.78 is 10.7. The molecule has 0 saturated heterocycles. The fourth-order valence-electron chi connectivity index (χ4n) is 4.44. The number of para-hydroxylation sites is 1. The Morgan fingerprint density at radius 1 is 1.11 bits per heavy atom. The minimum atomic E-state index is -0.196. The minimum absolute atomic E-state index is 0.00736. The summed E-state index contributed by atoms with van der Waals surface area (Å²) in [7, 11) is 1.59. The van der Waals surface area contributed by atoms with Crippen LogP contribution < -0.4 is 10.3 Å². The van der Waals surface area contributed by atoms with Crippen LogP contribution in [0.15, 0.2) is 77.2 Å². The van der Waals surface area contributed by atoms with Crippen molar-refractivity contribution in [2.75, 3.05) is 12.9 Å². The summed E-state index contributed by atoms with van der Waals surface area (Å²) in [6, 6.07) is 16.5. The molecule has 0 fully saturated rings. The summed E-state index contributed by atoms with van der Waals surface area (Å²) >= 11 is 1.30. The van der Waals surface area contributed by atoms with Gasteiger partial charge < -0.3 is 9.30 Å². The van der Waals surface area contributed by atoms with E-state index in [9.17, 15) is 9.59 Å². The maximum Gasteiger partial charge on any atom is 0.267 e. The molecule has 0 saturated carbocycles. The number of carbonyl (C=O) groups is 1. The first-order valence-electron chi connectivity index (χ1n) is 11.4. The van der Waals surface area contributed by atoms with Gasteiger partial charge in [-0.25, -0.2) is 4.57 Å². The summed E-state index contributed by atoms with van der Waals surface area (Å²) in [6.45, 7) is 8.39. The van der Waals surface area contributed by atoms with Crippen LogP contribution in [0.4, 0.5) is 0 Å². The topological polar surface area (TPSA) is 83.4 Å². The number of thioether (sulfide) groups is 1. The predicted molar refractivity (Wildman–Crippen MR) is 142 cm³/mol. The predicted octanol–water partition coefficient (Wildman–Crippen LogP) is 4.62. The van der Waals surface area contributed by atoms with Crippen molar-refractivity contribution < 1.29 is 9.53 Å². The van der Waals surface area contributed by atoms with Gasteiger partial charge in [0.15, 0.2) is 10.9 Å². The average molecular weight is 500 g/mol. The Hall–Kier alpha value is -4.11. The van der Waals surface area contributed by atoms with E-state index in [0.29, 0.717) is 45.4 Å². The van der Waals surface area contributed by atoms with Gasteiger partial charge in [-0.15, -0.1) is 16.8 Å². The van der Waals surface area contributed by atoms with E-state index in [-0.39, 0.29) is 17.1 Å². The number of aryl methyl sites for hydroxylation is 1. The molecule has 0 bridgehead atoms.